The van der Waals surface area contributed by atoms with Gasteiger partial charge in [-0.3, -0.25) is 5.32 Å². The number of nitrogens with zero attached hydrogens (tertiary/aromatic N) is 1. The van der Waals surface area contributed by atoms with Gasteiger partial charge in [0.1, 0.15) is 0 Å². The number of hydrogen-bond donors (Lipinski definition) is 3. The Hall–Kier alpha value is -2.55. The first-order valence-corrected chi connectivity index (χ1v) is 7.33. The summed E-state index contributed by atoms with van der Waals surface area (Å²) in [6.07, 6.45) is -1.23. The van der Waals surface area contributed by atoms with Crippen molar-refractivity contribution in [2.24, 2.45) is 0 Å². The van der Waals surface area contributed by atoms with Crippen molar-refractivity contribution < 1.29 is 22.8 Å². The molecule has 0 aliphatic heterocycles. The van der Waals surface area contributed by atoms with Crippen LogP contribution in [0.4, 0.5) is 16.4 Å². The van der Waals surface area contributed by atoms with Gasteiger partial charge in [0.05, 0.1) is 10.6 Å². The third kappa shape index (κ3) is 3.31. The highest BCUT2D eigenvalue weighted by atomic mass is 32.2. The van der Waals surface area contributed by atoms with Gasteiger partial charge >= 0.3 is 6.09 Å². The second kappa shape index (κ2) is 5.44. The number of sulfonamides is 1. The van der Waals surface area contributed by atoms with Gasteiger partial charge in [0.25, 0.3) is 10.0 Å². The van der Waals surface area contributed by atoms with Gasteiger partial charge in [-0.15, -0.1) is 0 Å². The highest BCUT2D eigenvalue weighted by Gasteiger charge is 2.19. The molecule has 112 valence electrons. The number of aryl methyl sites for hydroxylation is 1. The van der Waals surface area contributed by atoms with Crippen molar-refractivity contribution in [1.29, 1.82) is 0 Å². The normalized spacial score (nSPS) is 11.1. The molecule has 1 aromatic heterocycles. The van der Waals surface area contributed by atoms with E-state index in [4.69, 9.17) is 9.63 Å². The number of carbonyl (C=O) groups is 1. The molecular formula is C12H13N3O5S. The Balaban J connectivity index is 2.23. The summed E-state index contributed by atoms with van der Waals surface area (Å²) in [5.74, 6) is 0.0558. The van der Waals surface area contributed by atoms with Crippen LogP contribution in [0.1, 0.15) is 11.3 Å². The minimum atomic E-state index is -3.83. The topological polar surface area (TPSA) is 122 Å². The van der Waals surface area contributed by atoms with Gasteiger partial charge in [-0.1, -0.05) is 5.16 Å². The summed E-state index contributed by atoms with van der Waals surface area (Å²) in [5.41, 5.74) is 1.46. The molecule has 0 unspecified atom stereocenters. The number of benzene rings is 1. The second-order valence-electron chi connectivity index (χ2n) is 4.28. The molecule has 0 atom stereocenters. The summed E-state index contributed by atoms with van der Waals surface area (Å²) in [7, 11) is -3.83. The number of rotatable bonds is 4. The second-order valence-corrected chi connectivity index (χ2v) is 5.96. The molecular weight excluding hydrogens is 298 g/mol. The summed E-state index contributed by atoms with van der Waals surface area (Å²) in [6, 6.07) is 5.26. The number of amides is 1. The summed E-state index contributed by atoms with van der Waals surface area (Å²) >= 11 is 0. The van der Waals surface area contributed by atoms with Gasteiger partial charge in [0.15, 0.2) is 0 Å². The summed E-state index contributed by atoms with van der Waals surface area (Å²) in [6.45, 7) is 3.38. The quantitative estimate of drug-likeness (QED) is 0.795. The molecule has 8 nitrogen and oxygen atoms in total. The van der Waals surface area contributed by atoms with E-state index in [-0.39, 0.29) is 16.5 Å². The van der Waals surface area contributed by atoms with Crippen LogP contribution < -0.4 is 10.0 Å². The Kier molecular flexibility index (Phi) is 3.85. The van der Waals surface area contributed by atoms with Crippen molar-refractivity contribution in [3.8, 4) is 0 Å². The zero-order valence-electron chi connectivity index (χ0n) is 11.2. The molecule has 0 spiro atoms. The maximum Gasteiger partial charge on any atom is 0.409 e. The predicted octanol–water partition coefficient (Wildman–Crippen LogP) is 2.18. The molecule has 1 amide bonds. The summed E-state index contributed by atoms with van der Waals surface area (Å²) in [5, 5.41) is 14.3. The fraction of sp³-hybridized carbons (Fsp3) is 0.167. The van der Waals surface area contributed by atoms with Gasteiger partial charge in [0, 0.05) is 11.3 Å². The number of aromatic nitrogens is 1. The van der Waals surface area contributed by atoms with Crippen LogP contribution in [-0.2, 0) is 10.0 Å². The first kappa shape index (κ1) is 14.9. The monoisotopic (exact) mass is 311 g/mol. The molecule has 0 bridgehead atoms. The Bertz CT molecular complexity index is 765. The maximum atomic E-state index is 12.2. The van der Waals surface area contributed by atoms with Crippen LogP contribution in [0.3, 0.4) is 0 Å². The molecule has 1 aromatic carbocycles. The van der Waals surface area contributed by atoms with Crippen LogP contribution in [-0.4, -0.2) is 24.8 Å². The van der Waals surface area contributed by atoms with Crippen LogP contribution in [0.15, 0.2) is 33.7 Å². The van der Waals surface area contributed by atoms with Gasteiger partial charge in [-0.05, 0) is 38.1 Å². The molecule has 0 saturated carbocycles. The minimum absolute atomic E-state index is 0.0214. The standard InChI is InChI=1S/C12H13N3O5S/c1-7-8(2)14-20-11(7)15-21(18,19)10-5-3-9(4-6-10)13-12(16)17/h3-6,13,15H,1-2H3,(H,16,17). The number of hydrogen-bond acceptors (Lipinski definition) is 5. The lowest BCUT2D eigenvalue weighted by Gasteiger charge is -2.06. The molecule has 2 rings (SSSR count). The smallest absolute Gasteiger partial charge is 0.409 e. The van der Waals surface area contributed by atoms with E-state index in [2.05, 4.69) is 15.2 Å². The molecule has 21 heavy (non-hydrogen) atoms. The van der Waals surface area contributed by atoms with Crippen LogP contribution >= 0.6 is 0 Å². The first-order valence-electron chi connectivity index (χ1n) is 5.85. The molecule has 9 heteroatoms. The van der Waals surface area contributed by atoms with Gasteiger partial charge in [-0.25, -0.2) is 17.9 Å². The maximum absolute atomic E-state index is 12.2. The van der Waals surface area contributed by atoms with Crippen molar-refractivity contribution >= 4 is 27.7 Å². The van der Waals surface area contributed by atoms with Crippen LogP contribution in [0.2, 0.25) is 0 Å². The van der Waals surface area contributed by atoms with Gasteiger partial charge in [0.2, 0.25) is 5.88 Å². The summed E-state index contributed by atoms with van der Waals surface area (Å²) < 4.78 is 31.5. The lowest BCUT2D eigenvalue weighted by molar-refractivity contribution is 0.209. The predicted molar refractivity (Wildman–Crippen MR) is 74.9 cm³/mol. The minimum Gasteiger partial charge on any atom is -0.465 e. The highest BCUT2D eigenvalue weighted by molar-refractivity contribution is 7.92. The van der Waals surface area contributed by atoms with E-state index in [9.17, 15) is 13.2 Å². The van der Waals surface area contributed by atoms with Crippen molar-refractivity contribution in [3.05, 3.63) is 35.5 Å². The number of carboxylic acid groups (broad SMARTS) is 1. The van der Waals surface area contributed by atoms with Crippen molar-refractivity contribution in [2.75, 3.05) is 10.0 Å². The van der Waals surface area contributed by atoms with E-state index in [1.807, 2.05) is 0 Å². The molecule has 0 aliphatic rings. The van der Waals surface area contributed by atoms with E-state index in [0.29, 0.717) is 11.3 Å². The zero-order chi connectivity index (χ0) is 15.6. The van der Waals surface area contributed by atoms with Crippen LogP contribution in [0, 0.1) is 13.8 Å². The third-order valence-electron chi connectivity index (χ3n) is 2.80. The summed E-state index contributed by atoms with van der Waals surface area (Å²) in [4.78, 5) is 10.4. The Labute approximate surface area is 120 Å². The molecule has 2 aromatic rings. The Morgan fingerprint density at radius 2 is 1.86 bits per heavy atom. The zero-order valence-corrected chi connectivity index (χ0v) is 12.1. The highest BCUT2D eigenvalue weighted by Crippen LogP contribution is 2.22. The fourth-order valence-corrected chi connectivity index (χ4v) is 2.58. The first-order chi connectivity index (χ1) is 9.79. The number of nitrogens with one attached hydrogen (secondary N) is 2. The van der Waals surface area contributed by atoms with Crippen molar-refractivity contribution in [1.82, 2.24) is 5.16 Å². The van der Waals surface area contributed by atoms with E-state index in [1.165, 1.54) is 24.3 Å². The average molecular weight is 311 g/mol. The van der Waals surface area contributed by atoms with Crippen LogP contribution in [0.25, 0.3) is 0 Å². The SMILES string of the molecule is Cc1noc(NS(=O)(=O)c2ccc(NC(=O)O)cc2)c1C. The van der Waals surface area contributed by atoms with E-state index in [0.717, 1.165) is 0 Å². The molecule has 1 heterocycles. The van der Waals surface area contributed by atoms with Crippen LogP contribution in [0.5, 0.6) is 0 Å². The lowest BCUT2D eigenvalue weighted by Crippen LogP contribution is -2.13. The van der Waals surface area contributed by atoms with Crippen molar-refractivity contribution in [2.45, 2.75) is 18.7 Å². The van der Waals surface area contributed by atoms with E-state index in [1.54, 1.807) is 13.8 Å². The molecule has 0 aliphatic carbocycles. The molecule has 3 N–H and O–H groups in total. The Morgan fingerprint density at radius 3 is 2.33 bits per heavy atom. The molecule has 0 radical (unpaired) electrons. The third-order valence-corrected chi connectivity index (χ3v) is 4.15. The fourth-order valence-electron chi connectivity index (χ4n) is 1.53. The molecule has 0 saturated heterocycles. The van der Waals surface area contributed by atoms with Gasteiger partial charge < -0.3 is 9.63 Å². The number of anilines is 2. The molecule has 0 fully saturated rings. The van der Waals surface area contributed by atoms with E-state index < -0.39 is 16.1 Å². The van der Waals surface area contributed by atoms with E-state index >= 15 is 0 Å². The van der Waals surface area contributed by atoms with Crippen molar-refractivity contribution in [3.63, 3.8) is 0 Å². The largest absolute Gasteiger partial charge is 0.465 e. The van der Waals surface area contributed by atoms with Gasteiger partial charge in [-0.2, -0.15) is 0 Å². The average Bonchev–Trinajstić information content (AvgIpc) is 2.70. The Morgan fingerprint density at radius 1 is 1.24 bits per heavy atom. The lowest BCUT2D eigenvalue weighted by atomic mass is 10.3.